The van der Waals surface area contributed by atoms with Gasteiger partial charge in [-0.05, 0) is 112 Å². The minimum absolute atomic E-state index is 0.127. The molecule has 0 unspecified atom stereocenters. The van der Waals surface area contributed by atoms with E-state index in [-0.39, 0.29) is 70.8 Å². The Labute approximate surface area is 361 Å². The number of hydrogen-bond donors (Lipinski definition) is 0. The van der Waals surface area contributed by atoms with Crippen molar-refractivity contribution in [3.8, 4) is 22.8 Å². The zero-order valence-electron chi connectivity index (χ0n) is 35.0. The highest BCUT2D eigenvalue weighted by Crippen LogP contribution is 2.50. The van der Waals surface area contributed by atoms with E-state index in [0.717, 1.165) is 24.0 Å². The highest BCUT2D eigenvalue weighted by Gasteiger charge is 2.51. The molecule has 0 aliphatic carbocycles. The van der Waals surface area contributed by atoms with Gasteiger partial charge >= 0.3 is 12.3 Å². The predicted octanol–water partition coefficient (Wildman–Crippen LogP) is 10.7. The van der Waals surface area contributed by atoms with Crippen molar-refractivity contribution >= 4 is 52.0 Å². The predicted molar refractivity (Wildman–Crippen MR) is 229 cm³/mol. The molecule has 0 N–H and O–H groups in total. The second-order valence-electron chi connectivity index (χ2n) is 16.8. The van der Waals surface area contributed by atoms with Crippen LogP contribution in [0.4, 0.5) is 34.0 Å². The number of carbonyl (C=O) groups is 1. The maximum absolute atomic E-state index is 17.7. The van der Waals surface area contributed by atoms with Crippen molar-refractivity contribution < 1.29 is 36.6 Å². The van der Waals surface area contributed by atoms with Gasteiger partial charge < -0.3 is 24.0 Å². The summed E-state index contributed by atoms with van der Waals surface area (Å²) in [6, 6.07) is 15.5. The fourth-order valence-corrected chi connectivity index (χ4v) is 9.80. The molecule has 8 rings (SSSR count). The van der Waals surface area contributed by atoms with Crippen LogP contribution in [0, 0.1) is 12.7 Å². The van der Waals surface area contributed by atoms with E-state index in [1.165, 1.54) is 24.8 Å². The van der Waals surface area contributed by atoms with E-state index in [9.17, 15) is 4.79 Å². The molecule has 2 saturated heterocycles. The van der Waals surface area contributed by atoms with Crippen molar-refractivity contribution in [1.29, 1.82) is 0 Å². The number of piperazine rings is 1. The normalized spacial score (nSPS) is 18.5. The minimum Gasteiger partial charge on any atom is -0.497 e. The number of halogens is 5. The third-order valence-corrected chi connectivity index (χ3v) is 12.7. The first-order chi connectivity index (χ1) is 29.0. The monoisotopic (exact) mass is 878 g/mol. The standard InChI is InChI=1S/C45H47ClF4N6O4S/c1-24-20-33(54(21-25-8-13-28(58-5)14-9-25)22-26-10-15-29(59-6)16-11-26)51-39(36(24)45(48,49)50)35-37(46)30-17-19-31-32-18-12-27(56(32)43(57)60-44(2,3)4)23-55(31)41-34(30)40(38(35)47)52-42(53-41)61-7/h8-11,13-16,20,27,31-32H,12,17-19,21-23H2,1-7H3/t27-,31-,32+/m1/s1. The topological polar surface area (TPSA) is 93.2 Å². The molecule has 61 heavy (non-hydrogen) atoms. The van der Waals surface area contributed by atoms with E-state index in [0.29, 0.717) is 41.2 Å². The Kier molecular flexibility index (Phi) is 11.4. The van der Waals surface area contributed by atoms with Crippen LogP contribution in [0.5, 0.6) is 11.5 Å². The number of benzene rings is 3. The van der Waals surface area contributed by atoms with Gasteiger partial charge in [0.25, 0.3) is 0 Å². The molecule has 1 amide bonds. The summed E-state index contributed by atoms with van der Waals surface area (Å²) in [5.74, 6) is 0.940. The number of rotatable bonds is 9. The summed E-state index contributed by atoms with van der Waals surface area (Å²) in [4.78, 5) is 33.6. The number of carbonyl (C=O) groups excluding carboxylic acids is 1. The van der Waals surface area contributed by atoms with E-state index >= 15 is 17.6 Å². The number of pyridine rings is 1. The summed E-state index contributed by atoms with van der Waals surface area (Å²) in [7, 11) is 3.13. The van der Waals surface area contributed by atoms with Crippen LogP contribution >= 0.6 is 23.4 Å². The maximum atomic E-state index is 17.7. The Balaban J connectivity index is 1.29. The molecule has 3 atom stereocenters. The average molecular weight is 879 g/mol. The second-order valence-corrected chi connectivity index (χ2v) is 17.9. The van der Waals surface area contributed by atoms with Gasteiger partial charge in [-0.25, -0.2) is 24.1 Å². The Morgan fingerprint density at radius 1 is 0.918 bits per heavy atom. The van der Waals surface area contributed by atoms with Gasteiger partial charge in [-0.3, -0.25) is 4.90 Å². The largest absolute Gasteiger partial charge is 0.497 e. The SMILES string of the molecule is COc1ccc(CN(Cc2ccc(OC)cc2)c2cc(C)c(C(F)(F)F)c(-c3c(Cl)c4c5c(nc(SC)nc5c3F)N3C[C@H]5CC[C@@H]([C@H]3CC4)N5C(=O)OC(C)(C)C)n2)cc1. The molecule has 322 valence electrons. The number of anilines is 2. The van der Waals surface area contributed by atoms with E-state index in [1.54, 1.807) is 20.5 Å². The van der Waals surface area contributed by atoms with Gasteiger partial charge in [0, 0.05) is 19.6 Å². The molecule has 0 spiro atoms. The Morgan fingerprint density at radius 2 is 1.54 bits per heavy atom. The number of amides is 1. The molecule has 0 saturated carbocycles. The quantitative estimate of drug-likeness (QED) is 0.0809. The number of alkyl halides is 3. The van der Waals surface area contributed by atoms with Crippen LogP contribution in [0.25, 0.3) is 22.2 Å². The van der Waals surface area contributed by atoms with E-state index < -0.39 is 34.4 Å². The third kappa shape index (κ3) is 8.11. The number of fused-ring (bicyclic) bond motifs is 5. The van der Waals surface area contributed by atoms with E-state index in [4.69, 9.17) is 35.8 Å². The molecule has 2 bridgehead atoms. The highest BCUT2D eigenvalue weighted by atomic mass is 35.5. The Bertz CT molecular complexity index is 2440. The van der Waals surface area contributed by atoms with Gasteiger partial charge in [-0.1, -0.05) is 47.6 Å². The molecule has 2 aromatic heterocycles. The number of aromatic nitrogens is 3. The second kappa shape index (κ2) is 16.4. The summed E-state index contributed by atoms with van der Waals surface area (Å²) >= 11 is 8.49. The van der Waals surface area contributed by atoms with Gasteiger partial charge in [0.05, 0.1) is 59.6 Å². The number of hydrogen-bond acceptors (Lipinski definition) is 10. The van der Waals surface area contributed by atoms with E-state index in [1.807, 2.05) is 79.1 Å². The lowest BCUT2D eigenvalue weighted by molar-refractivity contribution is -0.137. The van der Waals surface area contributed by atoms with Crippen molar-refractivity contribution in [1.82, 2.24) is 19.9 Å². The summed E-state index contributed by atoms with van der Waals surface area (Å²) in [6.07, 6.45) is -1.32. The van der Waals surface area contributed by atoms with Crippen LogP contribution < -0.4 is 19.3 Å². The van der Waals surface area contributed by atoms with Crippen LogP contribution in [0.3, 0.4) is 0 Å². The van der Waals surface area contributed by atoms with Crippen molar-refractivity contribution in [3.05, 3.63) is 93.3 Å². The number of thioether (sulfide) groups is 1. The van der Waals surface area contributed by atoms with Crippen LogP contribution in [0.2, 0.25) is 5.02 Å². The fraction of sp³-hybridized carbons (Fsp3) is 0.422. The van der Waals surface area contributed by atoms with Crippen LogP contribution in [0.15, 0.2) is 59.8 Å². The number of ether oxygens (including phenoxy) is 3. The molecule has 5 heterocycles. The summed E-state index contributed by atoms with van der Waals surface area (Å²) < 4.78 is 80.3. The molecule has 3 aromatic carbocycles. The van der Waals surface area contributed by atoms with Gasteiger partial charge in [0.15, 0.2) is 11.0 Å². The number of aryl methyl sites for hydroxylation is 2. The van der Waals surface area contributed by atoms with Crippen molar-refractivity contribution in [2.45, 2.75) is 102 Å². The summed E-state index contributed by atoms with van der Waals surface area (Å²) in [6.45, 7) is 7.76. The minimum atomic E-state index is -4.92. The van der Waals surface area contributed by atoms with Crippen LogP contribution in [-0.2, 0) is 30.4 Å². The fourth-order valence-electron chi connectivity index (χ4n) is 9.08. The number of nitrogens with zero attached hydrogens (tertiary/aromatic N) is 6. The number of methoxy groups -OCH3 is 2. The first-order valence-electron chi connectivity index (χ1n) is 20.1. The molecule has 2 fully saturated rings. The highest BCUT2D eigenvalue weighted by molar-refractivity contribution is 7.98. The lowest BCUT2D eigenvalue weighted by Crippen LogP contribution is -2.62. The maximum Gasteiger partial charge on any atom is 0.418 e. The zero-order valence-corrected chi connectivity index (χ0v) is 36.6. The van der Waals surface area contributed by atoms with Crippen LogP contribution in [0.1, 0.15) is 67.9 Å². The summed E-state index contributed by atoms with van der Waals surface area (Å²) in [5.41, 5.74) is -1.02. The lowest BCUT2D eigenvalue weighted by Gasteiger charge is -2.47. The first-order valence-corrected chi connectivity index (χ1v) is 21.7. The lowest BCUT2D eigenvalue weighted by atomic mass is 9.93. The molecular formula is C45H47ClF4N6O4S. The van der Waals surface area contributed by atoms with Gasteiger partial charge in [0.1, 0.15) is 34.3 Å². The first kappa shape index (κ1) is 42.7. The molecule has 5 aromatic rings. The average Bonchev–Trinajstić information content (AvgIpc) is 3.44. The molecular weight excluding hydrogens is 832 g/mol. The molecule has 16 heteroatoms. The van der Waals surface area contributed by atoms with Crippen molar-refractivity contribution in [2.75, 3.05) is 36.8 Å². The Morgan fingerprint density at radius 3 is 2.10 bits per heavy atom. The zero-order chi connectivity index (χ0) is 43.5. The molecule has 0 radical (unpaired) electrons. The Hall–Kier alpha value is -5.02. The molecule has 10 nitrogen and oxygen atoms in total. The van der Waals surface area contributed by atoms with Crippen LogP contribution in [-0.4, -0.2) is 76.7 Å². The van der Waals surface area contributed by atoms with Crippen molar-refractivity contribution in [3.63, 3.8) is 0 Å². The van der Waals surface area contributed by atoms with Gasteiger partial charge in [0.2, 0.25) is 0 Å². The molecule has 3 aliphatic rings. The summed E-state index contributed by atoms with van der Waals surface area (Å²) in [5, 5.41) is 0.438. The smallest absolute Gasteiger partial charge is 0.418 e. The van der Waals surface area contributed by atoms with E-state index in [2.05, 4.69) is 9.88 Å². The molecule has 3 aliphatic heterocycles. The van der Waals surface area contributed by atoms with Gasteiger partial charge in [-0.15, -0.1) is 0 Å². The van der Waals surface area contributed by atoms with Crippen molar-refractivity contribution in [2.24, 2.45) is 0 Å². The third-order valence-electron chi connectivity index (χ3n) is 11.7. The van der Waals surface area contributed by atoms with Gasteiger partial charge in [-0.2, -0.15) is 13.2 Å².